The number of hydrogen-bond donors (Lipinski definition) is 1. The molecule has 1 N–H and O–H groups in total. The summed E-state index contributed by atoms with van der Waals surface area (Å²) in [7, 11) is 0. The summed E-state index contributed by atoms with van der Waals surface area (Å²) in [6.07, 6.45) is 6.02. The van der Waals surface area contributed by atoms with Crippen LogP contribution in [0.2, 0.25) is 0 Å². The van der Waals surface area contributed by atoms with Gasteiger partial charge in [-0.15, -0.1) is 0 Å². The minimum Gasteiger partial charge on any atom is -0.334 e. The Bertz CT molecular complexity index is 536. The summed E-state index contributed by atoms with van der Waals surface area (Å²) in [6.45, 7) is 6.31. The smallest absolute Gasteiger partial charge is 0.126 e. The van der Waals surface area contributed by atoms with Crippen molar-refractivity contribution in [2.75, 3.05) is 6.54 Å². The van der Waals surface area contributed by atoms with Crippen LogP contribution in [-0.4, -0.2) is 16.1 Å². The number of benzene rings is 1. The molecule has 1 unspecified atom stereocenters. The first-order chi connectivity index (χ1) is 9.74. The molecule has 0 saturated heterocycles. The molecule has 0 amide bonds. The summed E-state index contributed by atoms with van der Waals surface area (Å²) in [6, 6.07) is 8.76. The molecule has 1 aromatic heterocycles. The van der Waals surface area contributed by atoms with E-state index in [1.54, 1.807) is 0 Å². The molecule has 0 radical (unpaired) electrons. The van der Waals surface area contributed by atoms with E-state index in [0.717, 1.165) is 36.2 Å². The van der Waals surface area contributed by atoms with Crippen molar-refractivity contribution >= 4 is 15.9 Å². The average Bonchev–Trinajstić information content (AvgIpc) is 2.92. The largest absolute Gasteiger partial charge is 0.334 e. The van der Waals surface area contributed by atoms with Gasteiger partial charge in [0.05, 0.1) is 6.04 Å². The van der Waals surface area contributed by atoms with Crippen molar-refractivity contribution in [3.63, 3.8) is 0 Å². The van der Waals surface area contributed by atoms with Crippen LogP contribution in [0.25, 0.3) is 0 Å². The van der Waals surface area contributed by atoms with Crippen molar-refractivity contribution in [3.8, 4) is 0 Å². The molecule has 2 rings (SSSR count). The first-order valence-electron chi connectivity index (χ1n) is 7.23. The maximum absolute atomic E-state index is 4.55. The van der Waals surface area contributed by atoms with E-state index in [9.17, 15) is 0 Å². The summed E-state index contributed by atoms with van der Waals surface area (Å²) >= 11 is 3.54. The summed E-state index contributed by atoms with van der Waals surface area (Å²) in [5.74, 6) is 1.13. The summed E-state index contributed by atoms with van der Waals surface area (Å²) in [5.41, 5.74) is 1.32. The van der Waals surface area contributed by atoms with Crippen molar-refractivity contribution in [3.05, 3.63) is 52.5 Å². The molecule has 2 aromatic rings. The van der Waals surface area contributed by atoms with Gasteiger partial charge in [-0.3, -0.25) is 0 Å². The second-order valence-electron chi connectivity index (χ2n) is 4.91. The normalized spacial score (nSPS) is 12.6. The van der Waals surface area contributed by atoms with Crippen LogP contribution in [0.4, 0.5) is 0 Å². The van der Waals surface area contributed by atoms with Crippen molar-refractivity contribution < 1.29 is 0 Å². The Labute approximate surface area is 129 Å². The number of hydrogen-bond acceptors (Lipinski definition) is 2. The van der Waals surface area contributed by atoms with E-state index >= 15 is 0 Å². The van der Waals surface area contributed by atoms with Crippen LogP contribution in [-0.2, 0) is 13.0 Å². The molecule has 3 nitrogen and oxygen atoms in total. The van der Waals surface area contributed by atoms with E-state index in [-0.39, 0.29) is 6.04 Å². The van der Waals surface area contributed by atoms with E-state index in [4.69, 9.17) is 0 Å². The zero-order valence-electron chi connectivity index (χ0n) is 12.1. The predicted molar refractivity (Wildman–Crippen MR) is 86.8 cm³/mol. The lowest BCUT2D eigenvalue weighted by molar-refractivity contribution is 0.482. The zero-order valence-corrected chi connectivity index (χ0v) is 13.7. The van der Waals surface area contributed by atoms with Crippen LogP contribution in [0.1, 0.15) is 37.7 Å². The molecule has 0 fully saturated rings. The molecule has 108 valence electrons. The Morgan fingerprint density at radius 3 is 2.90 bits per heavy atom. The molecule has 0 bridgehead atoms. The highest BCUT2D eigenvalue weighted by Gasteiger charge is 2.16. The van der Waals surface area contributed by atoms with Gasteiger partial charge in [0.15, 0.2) is 0 Å². The highest BCUT2D eigenvalue weighted by molar-refractivity contribution is 9.10. The number of nitrogens with one attached hydrogen (secondary N) is 1. The Hall–Kier alpha value is -1.13. The van der Waals surface area contributed by atoms with Gasteiger partial charge < -0.3 is 9.88 Å². The number of aryl methyl sites for hydroxylation is 1. The third-order valence-electron chi connectivity index (χ3n) is 3.37. The van der Waals surface area contributed by atoms with Gasteiger partial charge in [-0.25, -0.2) is 4.98 Å². The molecule has 20 heavy (non-hydrogen) atoms. The Morgan fingerprint density at radius 1 is 1.35 bits per heavy atom. The highest BCUT2D eigenvalue weighted by atomic mass is 79.9. The van der Waals surface area contributed by atoms with E-state index in [1.807, 2.05) is 6.20 Å². The molecule has 0 aliphatic heterocycles. The molecule has 0 aliphatic rings. The fourth-order valence-electron chi connectivity index (χ4n) is 2.37. The van der Waals surface area contributed by atoms with Crippen LogP contribution in [0, 0.1) is 0 Å². The molecule has 1 atom stereocenters. The number of halogens is 1. The van der Waals surface area contributed by atoms with E-state index in [1.165, 1.54) is 5.56 Å². The number of rotatable bonds is 7. The summed E-state index contributed by atoms with van der Waals surface area (Å²) < 4.78 is 3.34. The van der Waals surface area contributed by atoms with Crippen LogP contribution < -0.4 is 5.32 Å². The lowest BCUT2D eigenvalue weighted by atomic mass is 10.1. The van der Waals surface area contributed by atoms with Gasteiger partial charge in [-0.1, -0.05) is 35.0 Å². The molecule has 1 aromatic carbocycles. The second kappa shape index (κ2) is 7.60. The zero-order chi connectivity index (χ0) is 14.4. The third-order valence-corrected chi connectivity index (χ3v) is 3.86. The lowest BCUT2D eigenvalue weighted by Crippen LogP contribution is -2.27. The molecule has 1 heterocycles. The molecule has 0 aliphatic carbocycles. The van der Waals surface area contributed by atoms with Gasteiger partial charge in [0.25, 0.3) is 0 Å². The van der Waals surface area contributed by atoms with E-state index in [2.05, 4.69) is 75.1 Å². The number of imidazole rings is 1. The van der Waals surface area contributed by atoms with E-state index < -0.39 is 0 Å². The molecule has 4 heteroatoms. The van der Waals surface area contributed by atoms with Gasteiger partial charge in [-0.05, 0) is 44.0 Å². The third kappa shape index (κ3) is 3.93. The lowest BCUT2D eigenvalue weighted by Gasteiger charge is -2.19. The summed E-state index contributed by atoms with van der Waals surface area (Å²) in [4.78, 5) is 4.55. The second-order valence-corrected chi connectivity index (χ2v) is 5.83. The fourth-order valence-corrected chi connectivity index (χ4v) is 2.82. The topological polar surface area (TPSA) is 29.9 Å². The number of nitrogens with zero attached hydrogens (tertiary/aromatic N) is 2. The van der Waals surface area contributed by atoms with Gasteiger partial charge in [0.1, 0.15) is 5.82 Å². The first-order valence-corrected chi connectivity index (χ1v) is 8.02. The van der Waals surface area contributed by atoms with Crippen LogP contribution in [0.15, 0.2) is 41.1 Å². The minimum atomic E-state index is 0.263. The Balaban J connectivity index is 2.19. The van der Waals surface area contributed by atoms with E-state index in [0.29, 0.717) is 0 Å². The van der Waals surface area contributed by atoms with Gasteiger partial charge in [0, 0.05) is 23.4 Å². The fraction of sp³-hybridized carbons (Fsp3) is 0.438. The molecule has 0 saturated carbocycles. The maximum atomic E-state index is 4.55. The standard InChI is InChI=1S/C16H22BrN3/c1-3-8-18-15(16-19-9-10-20(16)4-2)12-13-6-5-7-14(17)11-13/h5-7,9-11,15,18H,3-4,8,12H2,1-2H3. The molecule has 0 spiro atoms. The van der Waals surface area contributed by atoms with Gasteiger partial charge in [0.2, 0.25) is 0 Å². The van der Waals surface area contributed by atoms with Crippen molar-refractivity contribution in [1.29, 1.82) is 0 Å². The Kier molecular flexibility index (Phi) is 5.80. The Morgan fingerprint density at radius 2 is 2.20 bits per heavy atom. The van der Waals surface area contributed by atoms with Gasteiger partial charge in [-0.2, -0.15) is 0 Å². The quantitative estimate of drug-likeness (QED) is 0.830. The maximum Gasteiger partial charge on any atom is 0.126 e. The monoisotopic (exact) mass is 335 g/mol. The summed E-state index contributed by atoms with van der Waals surface area (Å²) in [5, 5.41) is 3.62. The van der Waals surface area contributed by atoms with Crippen LogP contribution in [0.5, 0.6) is 0 Å². The predicted octanol–water partition coefficient (Wildman–Crippen LogP) is 3.95. The average molecular weight is 336 g/mol. The van der Waals surface area contributed by atoms with Crippen molar-refractivity contribution in [2.24, 2.45) is 0 Å². The van der Waals surface area contributed by atoms with Gasteiger partial charge >= 0.3 is 0 Å². The minimum absolute atomic E-state index is 0.263. The molecular formula is C16H22BrN3. The highest BCUT2D eigenvalue weighted by Crippen LogP contribution is 2.20. The van der Waals surface area contributed by atoms with Crippen molar-refractivity contribution in [2.45, 2.75) is 39.3 Å². The van der Waals surface area contributed by atoms with Crippen LogP contribution >= 0.6 is 15.9 Å². The molecular weight excluding hydrogens is 314 g/mol. The number of aromatic nitrogens is 2. The SMILES string of the molecule is CCCNC(Cc1cccc(Br)c1)c1nccn1CC. The van der Waals surface area contributed by atoms with Crippen molar-refractivity contribution in [1.82, 2.24) is 14.9 Å². The van der Waals surface area contributed by atoms with Crippen LogP contribution in [0.3, 0.4) is 0 Å². The first kappa shape index (κ1) is 15.3.